The fourth-order valence-electron chi connectivity index (χ4n) is 4.20. The minimum Gasteiger partial charge on any atom is -0.360 e. The van der Waals surface area contributed by atoms with Crippen molar-refractivity contribution >= 4 is 15.9 Å². The highest BCUT2D eigenvalue weighted by atomic mass is 32.2. The standard InChI is InChI=1S/C22H30N4O4S/c23-10-4-12-31(28,29)26-11-9-18(14-19(26)13-16-5-2-1-3-6-16)24-22(27)20-15-21(30-25-20)17-7-8-17/h1-3,5-6,15,17-19H,4,7-14,23H2,(H,24,27)/t18-,19-/m1/s1. The Hall–Kier alpha value is -2.23. The van der Waals surface area contributed by atoms with Crippen molar-refractivity contribution in [1.29, 1.82) is 0 Å². The molecule has 1 aromatic carbocycles. The number of amides is 1. The molecule has 3 N–H and O–H groups in total. The summed E-state index contributed by atoms with van der Waals surface area (Å²) in [7, 11) is -3.40. The van der Waals surface area contributed by atoms with Crippen LogP contribution in [0.15, 0.2) is 40.9 Å². The number of nitrogens with two attached hydrogens (primary N) is 1. The van der Waals surface area contributed by atoms with E-state index in [4.69, 9.17) is 10.3 Å². The summed E-state index contributed by atoms with van der Waals surface area (Å²) in [6, 6.07) is 11.2. The lowest BCUT2D eigenvalue weighted by molar-refractivity contribution is 0.0902. The molecule has 2 aromatic rings. The number of carbonyl (C=O) groups excluding carboxylic acids is 1. The largest absolute Gasteiger partial charge is 0.360 e. The van der Waals surface area contributed by atoms with Crippen molar-refractivity contribution in [3.8, 4) is 0 Å². The molecule has 0 unspecified atom stereocenters. The van der Waals surface area contributed by atoms with Gasteiger partial charge in [-0.3, -0.25) is 4.79 Å². The van der Waals surface area contributed by atoms with E-state index in [-0.39, 0.29) is 23.7 Å². The molecule has 1 saturated carbocycles. The Morgan fingerprint density at radius 3 is 2.71 bits per heavy atom. The van der Waals surface area contributed by atoms with E-state index < -0.39 is 10.0 Å². The number of benzene rings is 1. The van der Waals surface area contributed by atoms with Gasteiger partial charge in [-0.1, -0.05) is 35.5 Å². The molecule has 1 aliphatic carbocycles. The lowest BCUT2D eigenvalue weighted by Gasteiger charge is -2.39. The number of nitrogens with one attached hydrogen (secondary N) is 1. The van der Waals surface area contributed by atoms with Gasteiger partial charge in [-0.25, -0.2) is 8.42 Å². The Kier molecular flexibility index (Phi) is 6.74. The van der Waals surface area contributed by atoms with Crippen molar-refractivity contribution in [1.82, 2.24) is 14.8 Å². The minimum atomic E-state index is -3.40. The number of hydrogen-bond donors (Lipinski definition) is 2. The molecule has 4 rings (SSSR count). The van der Waals surface area contributed by atoms with Crippen molar-refractivity contribution in [2.75, 3.05) is 18.8 Å². The maximum absolute atomic E-state index is 12.9. The summed E-state index contributed by atoms with van der Waals surface area (Å²) in [6.07, 6.45) is 4.31. The van der Waals surface area contributed by atoms with Gasteiger partial charge in [-0.15, -0.1) is 0 Å². The zero-order valence-corrected chi connectivity index (χ0v) is 18.4. The first kappa shape index (κ1) is 22.0. The summed E-state index contributed by atoms with van der Waals surface area (Å²) in [5, 5.41) is 6.95. The number of hydrogen-bond acceptors (Lipinski definition) is 6. The number of aromatic nitrogens is 1. The minimum absolute atomic E-state index is 0.0503. The molecule has 168 valence electrons. The average Bonchev–Trinajstić information content (AvgIpc) is 3.49. The van der Waals surface area contributed by atoms with E-state index >= 15 is 0 Å². The molecule has 1 aliphatic heterocycles. The number of carbonyl (C=O) groups is 1. The second kappa shape index (κ2) is 9.50. The van der Waals surface area contributed by atoms with Gasteiger partial charge in [0, 0.05) is 30.6 Å². The van der Waals surface area contributed by atoms with Crippen molar-refractivity contribution in [2.45, 2.75) is 56.5 Å². The highest BCUT2D eigenvalue weighted by Crippen LogP contribution is 2.40. The molecule has 1 aromatic heterocycles. The molecule has 2 aliphatic rings. The third-order valence-corrected chi connectivity index (χ3v) is 8.02. The van der Waals surface area contributed by atoms with Gasteiger partial charge >= 0.3 is 0 Å². The van der Waals surface area contributed by atoms with Crippen molar-refractivity contribution < 1.29 is 17.7 Å². The van der Waals surface area contributed by atoms with Crippen LogP contribution in [0.3, 0.4) is 0 Å². The van der Waals surface area contributed by atoms with E-state index in [1.165, 1.54) is 0 Å². The monoisotopic (exact) mass is 446 g/mol. The third-order valence-electron chi connectivity index (χ3n) is 6.02. The molecule has 2 atom stereocenters. The molecule has 1 saturated heterocycles. The van der Waals surface area contributed by atoms with E-state index in [0.717, 1.165) is 24.2 Å². The van der Waals surface area contributed by atoms with Gasteiger partial charge in [0.05, 0.1) is 5.75 Å². The van der Waals surface area contributed by atoms with Gasteiger partial charge in [0.2, 0.25) is 10.0 Å². The topological polar surface area (TPSA) is 119 Å². The van der Waals surface area contributed by atoms with Gasteiger partial charge in [0.25, 0.3) is 5.91 Å². The lowest BCUT2D eigenvalue weighted by atomic mass is 9.94. The molecule has 0 spiro atoms. The number of sulfonamides is 1. The Balaban J connectivity index is 1.45. The molecule has 2 fully saturated rings. The van der Waals surface area contributed by atoms with Crippen LogP contribution in [0.4, 0.5) is 0 Å². The highest BCUT2D eigenvalue weighted by molar-refractivity contribution is 7.89. The second-order valence-electron chi connectivity index (χ2n) is 8.50. The van der Waals surface area contributed by atoms with E-state index in [0.29, 0.717) is 50.4 Å². The van der Waals surface area contributed by atoms with Crippen LogP contribution in [0.2, 0.25) is 0 Å². The third kappa shape index (κ3) is 5.53. The van der Waals surface area contributed by atoms with E-state index in [1.807, 2.05) is 30.3 Å². The highest BCUT2D eigenvalue weighted by Gasteiger charge is 2.36. The van der Waals surface area contributed by atoms with Crippen LogP contribution >= 0.6 is 0 Å². The van der Waals surface area contributed by atoms with Crippen molar-refractivity contribution in [3.63, 3.8) is 0 Å². The first-order chi connectivity index (χ1) is 15.0. The number of piperidine rings is 1. The molecular formula is C22H30N4O4S. The van der Waals surface area contributed by atoms with Crippen molar-refractivity contribution in [3.05, 3.63) is 53.4 Å². The maximum atomic E-state index is 12.9. The summed E-state index contributed by atoms with van der Waals surface area (Å²) in [6.45, 7) is 0.719. The molecule has 1 amide bonds. The van der Waals surface area contributed by atoms with Crippen LogP contribution in [-0.4, -0.2) is 54.7 Å². The van der Waals surface area contributed by atoms with Crippen LogP contribution in [0.5, 0.6) is 0 Å². The van der Waals surface area contributed by atoms with Crippen LogP contribution < -0.4 is 11.1 Å². The molecule has 8 nitrogen and oxygen atoms in total. The predicted octanol–water partition coefficient (Wildman–Crippen LogP) is 2.04. The van der Waals surface area contributed by atoms with Gasteiger partial charge in [-0.2, -0.15) is 4.31 Å². The zero-order chi connectivity index (χ0) is 21.8. The van der Waals surface area contributed by atoms with E-state index in [2.05, 4.69) is 10.5 Å². The SMILES string of the molecule is NCCCS(=O)(=O)N1CC[C@@H](NC(=O)c2cc(C3CC3)on2)C[C@H]1Cc1ccccc1. The van der Waals surface area contributed by atoms with Crippen LogP contribution in [0.25, 0.3) is 0 Å². The zero-order valence-electron chi connectivity index (χ0n) is 17.6. The Labute approximate surface area is 183 Å². The number of rotatable bonds is 9. The smallest absolute Gasteiger partial charge is 0.273 e. The second-order valence-corrected chi connectivity index (χ2v) is 10.5. The maximum Gasteiger partial charge on any atom is 0.273 e. The van der Waals surface area contributed by atoms with Crippen molar-refractivity contribution in [2.24, 2.45) is 5.73 Å². The molecular weight excluding hydrogens is 416 g/mol. The molecule has 31 heavy (non-hydrogen) atoms. The van der Waals surface area contributed by atoms with Gasteiger partial charge in [0.1, 0.15) is 5.76 Å². The summed E-state index contributed by atoms with van der Waals surface area (Å²) < 4.78 is 32.8. The quantitative estimate of drug-likeness (QED) is 0.608. The summed E-state index contributed by atoms with van der Waals surface area (Å²) in [5.41, 5.74) is 6.90. The lowest BCUT2D eigenvalue weighted by Crippen LogP contribution is -2.53. The molecule has 9 heteroatoms. The van der Waals surface area contributed by atoms with Crippen LogP contribution in [0.1, 0.15) is 59.8 Å². The fraction of sp³-hybridized carbons (Fsp3) is 0.545. The van der Waals surface area contributed by atoms with Gasteiger partial charge < -0.3 is 15.6 Å². The first-order valence-corrected chi connectivity index (χ1v) is 12.6. The van der Waals surface area contributed by atoms with E-state index in [1.54, 1.807) is 10.4 Å². The molecule has 0 bridgehead atoms. The molecule has 0 radical (unpaired) electrons. The van der Waals surface area contributed by atoms with Crippen LogP contribution in [-0.2, 0) is 16.4 Å². The summed E-state index contributed by atoms with van der Waals surface area (Å²) in [4.78, 5) is 12.7. The Bertz CT molecular complexity index is 988. The Morgan fingerprint density at radius 2 is 2.00 bits per heavy atom. The fourth-order valence-corrected chi connectivity index (χ4v) is 5.96. The predicted molar refractivity (Wildman–Crippen MR) is 117 cm³/mol. The Morgan fingerprint density at radius 1 is 1.23 bits per heavy atom. The number of nitrogens with zero attached hydrogens (tertiary/aromatic N) is 2. The summed E-state index contributed by atoms with van der Waals surface area (Å²) >= 11 is 0. The van der Waals surface area contributed by atoms with Gasteiger partial charge in [0.15, 0.2) is 5.69 Å². The normalized spacial score (nSPS) is 22.4. The molecule has 2 heterocycles. The van der Waals surface area contributed by atoms with Gasteiger partial charge in [-0.05, 0) is 50.6 Å². The van der Waals surface area contributed by atoms with Crippen LogP contribution in [0, 0.1) is 0 Å². The summed E-state index contributed by atoms with van der Waals surface area (Å²) in [5.74, 6) is 0.951. The van der Waals surface area contributed by atoms with E-state index in [9.17, 15) is 13.2 Å². The first-order valence-electron chi connectivity index (χ1n) is 11.0. The average molecular weight is 447 g/mol.